The molecule has 0 atom stereocenters. The largest absolute Gasteiger partial charge is 0.481 e. The molecule has 0 saturated heterocycles. The number of hydrogen-bond donors (Lipinski definition) is 1. The summed E-state index contributed by atoms with van der Waals surface area (Å²) in [7, 11) is -3.46. The lowest BCUT2D eigenvalue weighted by atomic mass is 10.1. The predicted octanol–water partition coefficient (Wildman–Crippen LogP) is 1.23. The van der Waals surface area contributed by atoms with Crippen LogP contribution in [0.15, 0.2) is 17.0 Å². The van der Waals surface area contributed by atoms with Crippen LogP contribution in [-0.4, -0.2) is 32.5 Å². The predicted molar refractivity (Wildman–Crippen MR) is 66.2 cm³/mol. The molecule has 0 amide bonds. The first-order valence-corrected chi connectivity index (χ1v) is 7.62. The summed E-state index contributed by atoms with van der Waals surface area (Å²) in [6, 6.07) is 3.29. The third-order valence-electron chi connectivity index (χ3n) is 2.78. The van der Waals surface area contributed by atoms with Crippen LogP contribution in [0.5, 0.6) is 11.5 Å². The molecule has 0 fully saturated rings. The highest BCUT2D eigenvalue weighted by Gasteiger charge is 2.26. The SMILES string of the molecule is CS(=O)(=O)c1c(CCCC(=O)O)ccc2c1OCO2. The van der Waals surface area contributed by atoms with Gasteiger partial charge in [-0.05, 0) is 24.5 Å². The quantitative estimate of drug-likeness (QED) is 0.875. The summed E-state index contributed by atoms with van der Waals surface area (Å²) in [5.74, 6) is -0.264. The van der Waals surface area contributed by atoms with E-state index in [1.165, 1.54) is 0 Å². The number of hydrogen-bond acceptors (Lipinski definition) is 5. The van der Waals surface area contributed by atoms with E-state index < -0.39 is 15.8 Å². The topological polar surface area (TPSA) is 89.9 Å². The van der Waals surface area contributed by atoms with Crippen LogP contribution < -0.4 is 9.47 Å². The second kappa shape index (κ2) is 5.08. The first kappa shape index (κ1) is 13.7. The number of fused-ring (bicyclic) bond motifs is 1. The van der Waals surface area contributed by atoms with E-state index in [9.17, 15) is 13.2 Å². The molecule has 6 nitrogen and oxygen atoms in total. The summed E-state index contributed by atoms with van der Waals surface area (Å²) in [5.41, 5.74) is 0.563. The van der Waals surface area contributed by atoms with Gasteiger partial charge >= 0.3 is 5.97 Å². The molecule has 1 aromatic rings. The van der Waals surface area contributed by atoms with E-state index in [1.807, 2.05) is 0 Å². The molecule has 1 aliphatic rings. The number of rotatable bonds is 5. The first-order valence-electron chi connectivity index (χ1n) is 5.73. The lowest BCUT2D eigenvalue weighted by Gasteiger charge is -2.10. The highest BCUT2D eigenvalue weighted by Crippen LogP contribution is 2.40. The van der Waals surface area contributed by atoms with Gasteiger partial charge in [0, 0.05) is 12.7 Å². The summed E-state index contributed by atoms with van der Waals surface area (Å²) in [6.07, 6.45) is 1.84. The van der Waals surface area contributed by atoms with E-state index in [2.05, 4.69) is 0 Å². The molecule has 0 saturated carbocycles. The maximum atomic E-state index is 11.9. The molecule has 0 aromatic heterocycles. The van der Waals surface area contributed by atoms with Crippen molar-refractivity contribution in [3.63, 3.8) is 0 Å². The molecule has 0 radical (unpaired) electrons. The Bertz CT molecular complexity index is 605. The molecule has 0 spiro atoms. The van der Waals surface area contributed by atoms with Crippen molar-refractivity contribution < 1.29 is 27.8 Å². The van der Waals surface area contributed by atoms with Crippen LogP contribution in [0.2, 0.25) is 0 Å². The van der Waals surface area contributed by atoms with Crippen LogP contribution in [-0.2, 0) is 21.1 Å². The summed E-state index contributed by atoms with van der Waals surface area (Å²) < 4.78 is 34.1. The molecule has 1 aliphatic heterocycles. The smallest absolute Gasteiger partial charge is 0.303 e. The van der Waals surface area contributed by atoms with Gasteiger partial charge in [0.05, 0.1) is 0 Å². The Morgan fingerprint density at radius 2 is 2.11 bits per heavy atom. The third-order valence-corrected chi connectivity index (χ3v) is 3.97. The van der Waals surface area contributed by atoms with Gasteiger partial charge in [-0.1, -0.05) is 6.07 Å². The molecular formula is C12H14O6S. The second-order valence-electron chi connectivity index (χ2n) is 4.31. The van der Waals surface area contributed by atoms with Crippen LogP contribution in [0, 0.1) is 0 Å². The molecule has 1 N–H and O–H groups in total. The van der Waals surface area contributed by atoms with Crippen LogP contribution in [0.1, 0.15) is 18.4 Å². The van der Waals surface area contributed by atoms with Gasteiger partial charge in [-0.2, -0.15) is 0 Å². The highest BCUT2D eigenvalue weighted by atomic mass is 32.2. The van der Waals surface area contributed by atoms with Gasteiger partial charge in [0.1, 0.15) is 4.90 Å². The standard InChI is InChI=1S/C12H14O6S/c1-19(15,16)12-8(3-2-4-10(13)14)5-6-9-11(12)18-7-17-9/h5-6H,2-4,7H2,1H3,(H,13,14). The zero-order chi connectivity index (χ0) is 14.0. The molecule has 1 heterocycles. The molecule has 19 heavy (non-hydrogen) atoms. The fraction of sp³-hybridized carbons (Fsp3) is 0.417. The van der Waals surface area contributed by atoms with Crippen LogP contribution in [0.3, 0.4) is 0 Å². The molecule has 1 aromatic carbocycles. The van der Waals surface area contributed by atoms with Crippen molar-refractivity contribution in [3.8, 4) is 11.5 Å². The van der Waals surface area contributed by atoms with Crippen molar-refractivity contribution in [2.24, 2.45) is 0 Å². The van der Waals surface area contributed by atoms with E-state index >= 15 is 0 Å². The Kier molecular flexibility index (Phi) is 3.66. The summed E-state index contributed by atoms with van der Waals surface area (Å²) >= 11 is 0. The third kappa shape index (κ3) is 2.98. The number of sulfone groups is 1. The van der Waals surface area contributed by atoms with E-state index in [0.717, 1.165) is 6.26 Å². The van der Waals surface area contributed by atoms with Crippen molar-refractivity contribution in [2.75, 3.05) is 13.0 Å². The zero-order valence-corrected chi connectivity index (χ0v) is 11.2. The molecule has 0 bridgehead atoms. The number of benzene rings is 1. The maximum absolute atomic E-state index is 11.9. The van der Waals surface area contributed by atoms with Gasteiger partial charge in [-0.25, -0.2) is 8.42 Å². The number of carbonyl (C=O) groups is 1. The monoisotopic (exact) mass is 286 g/mol. The Morgan fingerprint density at radius 3 is 2.74 bits per heavy atom. The summed E-state index contributed by atoms with van der Waals surface area (Å²) in [5, 5.41) is 8.61. The molecular weight excluding hydrogens is 272 g/mol. The lowest BCUT2D eigenvalue weighted by molar-refractivity contribution is -0.137. The minimum atomic E-state index is -3.46. The number of aryl methyl sites for hydroxylation is 1. The van der Waals surface area contributed by atoms with Crippen LogP contribution >= 0.6 is 0 Å². The number of aliphatic carboxylic acids is 1. The van der Waals surface area contributed by atoms with Crippen molar-refractivity contribution in [3.05, 3.63) is 17.7 Å². The zero-order valence-electron chi connectivity index (χ0n) is 10.4. The Hall–Kier alpha value is -1.76. The van der Waals surface area contributed by atoms with Gasteiger partial charge in [0.15, 0.2) is 21.3 Å². The highest BCUT2D eigenvalue weighted by molar-refractivity contribution is 7.90. The summed E-state index contributed by atoms with van der Waals surface area (Å²) in [4.78, 5) is 10.6. The maximum Gasteiger partial charge on any atom is 0.303 e. The van der Waals surface area contributed by atoms with Crippen molar-refractivity contribution in [1.82, 2.24) is 0 Å². The fourth-order valence-corrected chi connectivity index (χ4v) is 3.16. The van der Waals surface area contributed by atoms with Gasteiger partial charge < -0.3 is 14.6 Å². The van der Waals surface area contributed by atoms with Gasteiger partial charge in [-0.3, -0.25) is 4.79 Å². The van der Waals surface area contributed by atoms with E-state index in [-0.39, 0.29) is 23.9 Å². The van der Waals surface area contributed by atoms with E-state index in [0.29, 0.717) is 24.2 Å². The average Bonchev–Trinajstić information content (AvgIpc) is 2.74. The first-order chi connectivity index (χ1) is 8.89. The number of carboxylic acid groups (broad SMARTS) is 1. The van der Waals surface area contributed by atoms with Crippen molar-refractivity contribution in [1.29, 1.82) is 0 Å². The molecule has 0 aliphatic carbocycles. The lowest BCUT2D eigenvalue weighted by Crippen LogP contribution is -2.05. The fourth-order valence-electron chi connectivity index (χ4n) is 2.02. The van der Waals surface area contributed by atoms with Crippen LogP contribution in [0.4, 0.5) is 0 Å². The summed E-state index contributed by atoms with van der Waals surface area (Å²) in [6.45, 7) is -0.00354. The van der Waals surface area contributed by atoms with E-state index in [1.54, 1.807) is 12.1 Å². The van der Waals surface area contributed by atoms with Gasteiger partial charge in [0.25, 0.3) is 0 Å². The normalized spacial score (nSPS) is 13.5. The number of ether oxygens (including phenoxy) is 2. The van der Waals surface area contributed by atoms with Crippen molar-refractivity contribution in [2.45, 2.75) is 24.2 Å². The Balaban J connectivity index is 2.36. The molecule has 0 unspecified atom stereocenters. The molecule has 7 heteroatoms. The van der Waals surface area contributed by atoms with Crippen LogP contribution in [0.25, 0.3) is 0 Å². The Labute approximate surface area is 110 Å². The minimum absolute atomic E-state index is 0.00234. The van der Waals surface area contributed by atoms with Gasteiger partial charge in [-0.15, -0.1) is 0 Å². The average molecular weight is 286 g/mol. The van der Waals surface area contributed by atoms with Gasteiger partial charge in [0.2, 0.25) is 6.79 Å². The second-order valence-corrected chi connectivity index (χ2v) is 6.26. The molecule has 104 valence electrons. The minimum Gasteiger partial charge on any atom is -0.481 e. The number of carboxylic acids is 1. The Morgan fingerprint density at radius 1 is 1.37 bits per heavy atom. The molecule has 2 rings (SSSR count). The van der Waals surface area contributed by atoms with Crippen molar-refractivity contribution >= 4 is 15.8 Å². The van der Waals surface area contributed by atoms with E-state index in [4.69, 9.17) is 14.6 Å².